The number of rotatable bonds is 6. The first-order chi connectivity index (χ1) is 9.80. The van der Waals surface area contributed by atoms with Gasteiger partial charge in [-0.25, -0.2) is 9.97 Å². The first-order valence-electron chi connectivity index (χ1n) is 6.98. The van der Waals surface area contributed by atoms with Gasteiger partial charge in [-0.3, -0.25) is 0 Å². The lowest BCUT2D eigenvalue weighted by Gasteiger charge is -2.16. The van der Waals surface area contributed by atoms with E-state index in [2.05, 4.69) is 53.4 Å². The van der Waals surface area contributed by atoms with Crippen LogP contribution in [0.15, 0.2) is 36.7 Å². The Kier molecular flexibility index (Phi) is 5.07. The Labute approximate surface area is 120 Å². The highest BCUT2D eigenvalue weighted by Gasteiger charge is 2.10. The van der Waals surface area contributed by atoms with Gasteiger partial charge in [-0.1, -0.05) is 38.1 Å². The molecule has 0 bridgehead atoms. The largest absolute Gasteiger partial charge is 0.479 e. The highest BCUT2D eigenvalue weighted by Crippen LogP contribution is 2.26. The molecule has 1 unspecified atom stereocenters. The lowest BCUT2D eigenvalue weighted by atomic mass is 10.0. The monoisotopic (exact) mass is 271 g/mol. The molecule has 4 heteroatoms. The Balaban J connectivity index is 2.27. The lowest BCUT2D eigenvalue weighted by molar-refractivity contribution is 0.398. The predicted octanol–water partition coefficient (Wildman–Crippen LogP) is 3.21. The number of nitrogens with one attached hydrogen (secondary N) is 1. The number of hydrogen-bond acceptors (Lipinski definition) is 4. The summed E-state index contributed by atoms with van der Waals surface area (Å²) >= 11 is 0. The summed E-state index contributed by atoms with van der Waals surface area (Å²) in [5, 5.41) is 3.48. The van der Waals surface area contributed by atoms with Crippen LogP contribution in [0.25, 0.3) is 11.3 Å². The maximum atomic E-state index is 5.25. The molecule has 0 aliphatic carbocycles. The second-order valence-electron chi connectivity index (χ2n) is 4.55. The van der Waals surface area contributed by atoms with Crippen molar-refractivity contribution in [3.63, 3.8) is 0 Å². The second kappa shape index (κ2) is 7.01. The minimum atomic E-state index is 0.401. The van der Waals surface area contributed by atoms with Crippen LogP contribution in [0.3, 0.4) is 0 Å². The second-order valence-corrected chi connectivity index (χ2v) is 4.55. The average Bonchev–Trinajstić information content (AvgIpc) is 2.53. The summed E-state index contributed by atoms with van der Waals surface area (Å²) in [6, 6.07) is 8.82. The fourth-order valence-corrected chi connectivity index (χ4v) is 2.29. The van der Waals surface area contributed by atoms with Crippen molar-refractivity contribution >= 4 is 0 Å². The van der Waals surface area contributed by atoms with Crippen LogP contribution in [0.4, 0.5) is 0 Å². The van der Waals surface area contributed by atoms with Crippen molar-refractivity contribution in [2.45, 2.75) is 26.3 Å². The molecule has 0 aliphatic heterocycles. The van der Waals surface area contributed by atoms with Crippen LogP contribution >= 0.6 is 0 Å². The molecule has 20 heavy (non-hydrogen) atoms. The quantitative estimate of drug-likeness (QED) is 0.876. The molecule has 2 aromatic rings. The topological polar surface area (TPSA) is 47.0 Å². The van der Waals surface area contributed by atoms with Crippen LogP contribution in [0, 0.1) is 0 Å². The Hall–Kier alpha value is -1.94. The summed E-state index contributed by atoms with van der Waals surface area (Å²) in [6.07, 6.45) is 4.38. The number of ether oxygens (including phenoxy) is 1. The Morgan fingerprint density at radius 1 is 1.10 bits per heavy atom. The zero-order valence-electron chi connectivity index (χ0n) is 12.3. The van der Waals surface area contributed by atoms with Gasteiger partial charge in [-0.05, 0) is 18.5 Å². The van der Waals surface area contributed by atoms with E-state index in [9.17, 15) is 0 Å². The van der Waals surface area contributed by atoms with Gasteiger partial charge < -0.3 is 10.1 Å². The minimum absolute atomic E-state index is 0.401. The third kappa shape index (κ3) is 3.14. The molecule has 4 nitrogen and oxygen atoms in total. The first kappa shape index (κ1) is 14.5. The van der Waals surface area contributed by atoms with Crippen molar-refractivity contribution in [2.75, 3.05) is 13.7 Å². The van der Waals surface area contributed by atoms with E-state index < -0.39 is 0 Å². The standard InChI is InChI=1S/C16H21N3O/c1-4-14(17-5-2)12-6-8-13(9-7-12)15-16(20-3)19-11-10-18-15/h6-11,14,17H,4-5H2,1-3H3. The van der Waals surface area contributed by atoms with Gasteiger partial charge in [0.05, 0.1) is 7.11 Å². The minimum Gasteiger partial charge on any atom is -0.479 e. The van der Waals surface area contributed by atoms with Crippen molar-refractivity contribution in [1.82, 2.24) is 15.3 Å². The molecule has 0 spiro atoms. The number of methoxy groups -OCH3 is 1. The van der Waals surface area contributed by atoms with Crippen LogP contribution < -0.4 is 10.1 Å². The van der Waals surface area contributed by atoms with Crippen LogP contribution in [-0.2, 0) is 0 Å². The Bertz CT molecular complexity index is 540. The molecule has 1 aromatic carbocycles. The Morgan fingerprint density at radius 2 is 1.80 bits per heavy atom. The summed E-state index contributed by atoms with van der Waals surface area (Å²) in [4.78, 5) is 8.53. The smallest absolute Gasteiger partial charge is 0.240 e. The van der Waals surface area contributed by atoms with E-state index in [1.807, 2.05) is 0 Å². The van der Waals surface area contributed by atoms with E-state index in [1.165, 1.54) is 5.56 Å². The van der Waals surface area contributed by atoms with Gasteiger partial charge in [0.1, 0.15) is 5.69 Å². The van der Waals surface area contributed by atoms with E-state index in [0.29, 0.717) is 11.9 Å². The maximum absolute atomic E-state index is 5.25. The van der Waals surface area contributed by atoms with Gasteiger partial charge in [0.25, 0.3) is 0 Å². The molecule has 2 rings (SSSR count). The van der Waals surface area contributed by atoms with E-state index in [-0.39, 0.29) is 0 Å². The van der Waals surface area contributed by atoms with E-state index >= 15 is 0 Å². The zero-order valence-corrected chi connectivity index (χ0v) is 12.3. The predicted molar refractivity (Wildman–Crippen MR) is 80.7 cm³/mol. The fourth-order valence-electron chi connectivity index (χ4n) is 2.29. The zero-order chi connectivity index (χ0) is 14.4. The van der Waals surface area contributed by atoms with E-state index in [0.717, 1.165) is 24.2 Å². The third-order valence-electron chi connectivity index (χ3n) is 3.30. The van der Waals surface area contributed by atoms with Gasteiger partial charge in [0.2, 0.25) is 5.88 Å². The molecule has 0 amide bonds. The number of hydrogen-bond donors (Lipinski definition) is 1. The molecule has 1 N–H and O–H groups in total. The van der Waals surface area contributed by atoms with E-state index in [1.54, 1.807) is 19.5 Å². The highest BCUT2D eigenvalue weighted by atomic mass is 16.5. The normalized spacial score (nSPS) is 12.2. The number of aromatic nitrogens is 2. The van der Waals surface area contributed by atoms with Gasteiger partial charge in [0, 0.05) is 24.0 Å². The summed E-state index contributed by atoms with van der Waals surface area (Å²) in [5.41, 5.74) is 3.09. The van der Waals surface area contributed by atoms with Crippen LogP contribution in [0.1, 0.15) is 31.9 Å². The van der Waals surface area contributed by atoms with Gasteiger partial charge in [0.15, 0.2) is 0 Å². The first-order valence-corrected chi connectivity index (χ1v) is 6.98. The highest BCUT2D eigenvalue weighted by molar-refractivity contribution is 5.64. The number of benzene rings is 1. The van der Waals surface area contributed by atoms with Crippen LogP contribution in [0.5, 0.6) is 5.88 Å². The molecule has 0 radical (unpaired) electrons. The SMILES string of the molecule is CCNC(CC)c1ccc(-c2nccnc2OC)cc1. The van der Waals surface area contributed by atoms with Gasteiger partial charge >= 0.3 is 0 Å². The van der Waals surface area contributed by atoms with Crippen LogP contribution in [0.2, 0.25) is 0 Å². The maximum Gasteiger partial charge on any atom is 0.240 e. The molecule has 1 aromatic heterocycles. The molecule has 1 atom stereocenters. The molecule has 1 heterocycles. The average molecular weight is 271 g/mol. The summed E-state index contributed by atoms with van der Waals surface area (Å²) < 4.78 is 5.25. The summed E-state index contributed by atoms with van der Waals surface area (Å²) in [6.45, 7) is 5.28. The van der Waals surface area contributed by atoms with Crippen molar-refractivity contribution < 1.29 is 4.74 Å². The summed E-state index contributed by atoms with van der Waals surface area (Å²) in [7, 11) is 1.61. The molecular weight excluding hydrogens is 250 g/mol. The molecular formula is C16H21N3O. The van der Waals surface area contributed by atoms with Gasteiger partial charge in [-0.15, -0.1) is 0 Å². The Morgan fingerprint density at radius 3 is 2.40 bits per heavy atom. The molecule has 0 aliphatic rings. The summed E-state index contributed by atoms with van der Waals surface area (Å²) in [5.74, 6) is 0.555. The molecule has 106 valence electrons. The van der Waals surface area contributed by atoms with E-state index in [4.69, 9.17) is 4.74 Å². The number of nitrogens with zero attached hydrogens (tertiary/aromatic N) is 2. The fraction of sp³-hybridized carbons (Fsp3) is 0.375. The lowest BCUT2D eigenvalue weighted by Crippen LogP contribution is -2.19. The van der Waals surface area contributed by atoms with Gasteiger partial charge in [-0.2, -0.15) is 0 Å². The van der Waals surface area contributed by atoms with Crippen molar-refractivity contribution in [2.24, 2.45) is 0 Å². The molecule has 0 fully saturated rings. The van der Waals surface area contributed by atoms with Crippen molar-refractivity contribution in [3.05, 3.63) is 42.2 Å². The van der Waals surface area contributed by atoms with Crippen molar-refractivity contribution in [1.29, 1.82) is 0 Å². The molecule has 0 saturated heterocycles. The third-order valence-corrected chi connectivity index (χ3v) is 3.30. The van der Waals surface area contributed by atoms with Crippen molar-refractivity contribution in [3.8, 4) is 17.1 Å². The molecule has 0 saturated carbocycles. The van der Waals surface area contributed by atoms with Crippen LogP contribution in [-0.4, -0.2) is 23.6 Å².